The first-order valence-electron chi connectivity index (χ1n) is 7.90. The summed E-state index contributed by atoms with van der Waals surface area (Å²) in [5, 5.41) is 7.22. The second-order valence-electron chi connectivity index (χ2n) is 6.86. The van der Waals surface area contributed by atoms with Crippen molar-refractivity contribution in [2.75, 3.05) is 6.61 Å². The van der Waals surface area contributed by atoms with E-state index < -0.39 is 12.8 Å². The molecule has 8 heteroatoms. The Balaban J connectivity index is 1.87. The largest absolute Gasteiger partial charge is 0.484 e. The zero-order valence-electron chi connectivity index (χ0n) is 14.6. The van der Waals surface area contributed by atoms with Crippen LogP contribution in [-0.2, 0) is 12.0 Å². The SMILES string of the molecule is CC(NCc1ccc(OCC(F)(F)F)cc1)c1nc(C(C)(C)C)no1. The summed E-state index contributed by atoms with van der Waals surface area (Å²) in [7, 11) is 0. The maximum Gasteiger partial charge on any atom is 0.422 e. The Morgan fingerprint density at radius 2 is 1.80 bits per heavy atom. The Bertz CT molecular complexity index is 676. The molecule has 0 aliphatic rings. The standard InChI is InChI=1S/C17H22F3N3O2/c1-11(14-22-15(23-25-14)16(2,3)4)21-9-12-5-7-13(8-6-12)24-10-17(18,19)20/h5-8,11,21H,9-10H2,1-4H3. The van der Waals surface area contributed by atoms with Crippen LogP contribution in [0, 0.1) is 0 Å². The van der Waals surface area contributed by atoms with E-state index in [9.17, 15) is 13.2 Å². The molecule has 0 aliphatic carbocycles. The molecular formula is C17H22F3N3O2. The van der Waals surface area contributed by atoms with Gasteiger partial charge in [0.2, 0.25) is 5.89 Å². The molecule has 0 radical (unpaired) electrons. The van der Waals surface area contributed by atoms with Crippen LogP contribution in [0.2, 0.25) is 0 Å². The smallest absolute Gasteiger partial charge is 0.422 e. The fourth-order valence-corrected chi connectivity index (χ4v) is 1.94. The van der Waals surface area contributed by atoms with Crippen LogP contribution in [0.25, 0.3) is 0 Å². The van der Waals surface area contributed by atoms with Gasteiger partial charge >= 0.3 is 6.18 Å². The summed E-state index contributed by atoms with van der Waals surface area (Å²) in [4.78, 5) is 4.39. The highest BCUT2D eigenvalue weighted by Gasteiger charge is 2.28. The molecule has 5 nitrogen and oxygen atoms in total. The van der Waals surface area contributed by atoms with E-state index in [0.29, 0.717) is 18.3 Å². The minimum atomic E-state index is -4.34. The molecule has 0 fully saturated rings. The molecule has 0 spiro atoms. The molecule has 0 saturated heterocycles. The summed E-state index contributed by atoms with van der Waals surface area (Å²) >= 11 is 0. The molecule has 0 saturated carbocycles. The van der Waals surface area contributed by atoms with Crippen molar-refractivity contribution >= 4 is 0 Å². The van der Waals surface area contributed by atoms with Crippen molar-refractivity contribution in [2.24, 2.45) is 0 Å². The number of benzene rings is 1. The van der Waals surface area contributed by atoms with Gasteiger partial charge in [-0.3, -0.25) is 0 Å². The number of nitrogens with one attached hydrogen (secondary N) is 1. The average Bonchev–Trinajstić information content (AvgIpc) is 3.01. The molecule has 1 N–H and O–H groups in total. The Hall–Kier alpha value is -2.09. The van der Waals surface area contributed by atoms with Crippen LogP contribution < -0.4 is 10.1 Å². The lowest BCUT2D eigenvalue weighted by Crippen LogP contribution is -2.20. The number of hydrogen-bond acceptors (Lipinski definition) is 5. The molecule has 2 aromatic rings. The fraction of sp³-hybridized carbons (Fsp3) is 0.529. The molecule has 1 aromatic carbocycles. The Morgan fingerprint density at radius 1 is 1.16 bits per heavy atom. The lowest BCUT2D eigenvalue weighted by molar-refractivity contribution is -0.153. The predicted molar refractivity (Wildman–Crippen MR) is 86.2 cm³/mol. The molecule has 138 valence electrons. The molecule has 1 atom stereocenters. The van der Waals surface area contributed by atoms with Crippen molar-refractivity contribution in [1.29, 1.82) is 0 Å². The highest BCUT2D eigenvalue weighted by molar-refractivity contribution is 5.27. The summed E-state index contributed by atoms with van der Waals surface area (Å²) < 4.78 is 46.3. The summed E-state index contributed by atoms with van der Waals surface area (Å²) in [6.07, 6.45) is -4.34. The van der Waals surface area contributed by atoms with Crippen LogP contribution in [0.3, 0.4) is 0 Å². The van der Waals surface area contributed by atoms with Crippen molar-refractivity contribution in [3.63, 3.8) is 0 Å². The van der Waals surface area contributed by atoms with Crippen LogP contribution in [0.4, 0.5) is 13.2 Å². The van der Waals surface area contributed by atoms with Gasteiger partial charge in [0.1, 0.15) is 5.75 Å². The average molecular weight is 357 g/mol. The fourth-order valence-electron chi connectivity index (χ4n) is 1.94. The van der Waals surface area contributed by atoms with Gasteiger partial charge in [0.15, 0.2) is 12.4 Å². The normalized spacial score (nSPS) is 13.7. The third kappa shape index (κ3) is 6.04. The maximum absolute atomic E-state index is 12.1. The van der Waals surface area contributed by atoms with Gasteiger partial charge in [-0.25, -0.2) is 0 Å². The van der Waals surface area contributed by atoms with Crippen LogP contribution >= 0.6 is 0 Å². The summed E-state index contributed by atoms with van der Waals surface area (Å²) in [6.45, 7) is 7.12. The summed E-state index contributed by atoms with van der Waals surface area (Å²) in [6, 6.07) is 6.29. The predicted octanol–water partition coefficient (Wildman–Crippen LogP) is 4.16. The first kappa shape index (κ1) is 19.2. The number of rotatable bonds is 6. The van der Waals surface area contributed by atoms with Gasteiger partial charge in [0.05, 0.1) is 6.04 Å². The van der Waals surface area contributed by atoms with E-state index in [0.717, 1.165) is 5.56 Å². The Kier molecular flexibility index (Phi) is 5.72. The number of hydrogen-bond donors (Lipinski definition) is 1. The minimum absolute atomic E-state index is 0.148. The van der Waals surface area contributed by atoms with E-state index in [1.54, 1.807) is 12.1 Å². The number of aromatic nitrogens is 2. The highest BCUT2D eigenvalue weighted by atomic mass is 19.4. The maximum atomic E-state index is 12.1. The van der Waals surface area contributed by atoms with E-state index >= 15 is 0 Å². The van der Waals surface area contributed by atoms with Gasteiger partial charge in [-0.2, -0.15) is 18.2 Å². The second-order valence-corrected chi connectivity index (χ2v) is 6.86. The van der Waals surface area contributed by atoms with Gasteiger partial charge in [-0.1, -0.05) is 38.1 Å². The van der Waals surface area contributed by atoms with Crippen molar-refractivity contribution in [3.8, 4) is 5.75 Å². The minimum Gasteiger partial charge on any atom is -0.484 e. The van der Waals surface area contributed by atoms with E-state index in [4.69, 9.17) is 4.52 Å². The van der Waals surface area contributed by atoms with Crippen molar-refractivity contribution in [3.05, 3.63) is 41.5 Å². The van der Waals surface area contributed by atoms with Crippen molar-refractivity contribution in [1.82, 2.24) is 15.5 Å². The van der Waals surface area contributed by atoms with E-state index in [2.05, 4.69) is 20.2 Å². The molecule has 0 amide bonds. The van der Waals surface area contributed by atoms with Crippen LogP contribution in [0.1, 0.15) is 51.0 Å². The number of halogens is 3. The molecule has 2 rings (SSSR count). The van der Waals surface area contributed by atoms with E-state index in [-0.39, 0.29) is 17.2 Å². The first-order valence-corrected chi connectivity index (χ1v) is 7.90. The lowest BCUT2D eigenvalue weighted by atomic mass is 9.96. The van der Waals surface area contributed by atoms with Crippen LogP contribution in [-0.4, -0.2) is 22.9 Å². The quantitative estimate of drug-likeness (QED) is 0.841. The zero-order chi connectivity index (χ0) is 18.7. The molecule has 0 bridgehead atoms. The second kappa shape index (κ2) is 7.43. The van der Waals surface area contributed by atoms with Gasteiger partial charge < -0.3 is 14.6 Å². The first-order chi connectivity index (χ1) is 11.5. The third-order valence-electron chi connectivity index (χ3n) is 3.42. The van der Waals surface area contributed by atoms with Gasteiger partial charge in [0, 0.05) is 12.0 Å². The lowest BCUT2D eigenvalue weighted by Gasteiger charge is -2.12. The molecule has 1 heterocycles. The van der Waals surface area contributed by atoms with Gasteiger partial charge in [-0.05, 0) is 24.6 Å². The Labute approximate surface area is 144 Å². The van der Waals surface area contributed by atoms with Gasteiger partial charge in [0.25, 0.3) is 0 Å². The number of alkyl halides is 3. The van der Waals surface area contributed by atoms with E-state index in [1.807, 2.05) is 27.7 Å². The van der Waals surface area contributed by atoms with Crippen LogP contribution in [0.5, 0.6) is 5.75 Å². The molecule has 1 unspecified atom stereocenters. The van der Waals surface area contributed by atoms with Crippen molar-refractivity contribution in [2.45, 2.75) is 51.9 Å². The van der Waals surface area contributed by atoms with E-state index in [1.165, 1.54) is 12.1 Å². The van der Waals surface area contributed by atoms with Crippen LogP contribution in [0.15, 0.2) is 28.8 Å². The summed E-state index contributed by atoms with van der Waals surface area (Å²) in [5.41, 5.74) is 0.718. The molecular weight excluding hydrogens is 335 g/mol. The number of nitrogens with zero attached hydrogens (tertiary/aromatic N) is 2. The number of ether oxygens (including phenoxy) is 1. The molecule has 0 aliphatic heterocycles. The Morgan fingerprint density at radius 3 is 2.32 bits per heavy atom. The van der Waals surface area contributed by atoms with Crippen molar-refractivity contribution < 1.29 is 22.4 Å². The zero-order valence-corrected chi connectivity index (χ0v) is 14.6. The molecule has 25 heavy (non-hydrogen) atoms. The topological polar surface area (TPSA) is 60.2 Å². The third-order valence-corrected chi connectivity index (χ3v) is 3.42. The highest BCUT2D eigenvalue weighted by Crippen LogP contribution is 2.21. The monoisotopic (exact) mass is 357 g/mol. The van der Waals surface area contributed by atoms with Gasteiger partial charge in [-0.15, -0.1) is 0 Å². The molecule has 1 aromatic heterocycles. The summed E-state index contributed by atoms with van der Waals surface area (Å²) in [5.74, 6) is 1.32.